The van der Waals surface area contributed by atoms with Gasteiger partial charge in [0.1, 0.15) is 0 Å². The zero-order valence-electron chi connectivity index (χ0n) is 14.6. The SMILES string of the molecule is c1ccc(CCCOCC2CCN(Cc3ccccc3)CC2)cc1. The fraction of sp³-hybridized carbons (Fsp3) is 0.455. The molecule has 0 bridgehead atoms. The normalized spacial score (nSPS) is 16.3. The van der Waals surface area contributed by atoms with Crippen LogP contribution in [-0.4, -0.2) is 31.2 Å². The Morgan fingerprint density at radius 3 is 2.12 bits per heavy atom. The van der Waals surface area contributed by atoms with Crippen LogP contribution in [0.1, 0.15) is 30.4 Å². The Bertz CT molecular complexity index is 561. The number of hydrogen-bond donors (Lipinski definition) is 0. The summed E-state index contributed by atoms with van der Waals surface area (Å²) in [5.41, 5.74) is 2.84. The first-order valence-electron chi connectivity index (χ1n) is 9.28. The van der Waals surface area contributed by atoms with Gasteiger partial charge in [0, 0.05) is 19.8 Å². The van der Waals surface area contributed by atoms with Crippen molar-refractivity contribution in [2.24, 2.45) is 5.92 Å². The van der Waals surface area contributed by atoms with E-state index < -0.39 is 0 Å². The lowest BCUT2D eigenvalue weighted by molar-refractivity contribution is 0.0642. The number of aryl methyl sites for hydroxylation is 1. The fourth-order valence-corrected chi connectivity index (χ4v) is 3.43. The maximum atomic E-state index is 5.93. The summed E-state index contributed by atoms with van der Waals surface area (Å²) in [6.07, 6.45) is 4.78. The third kappa shape index (κ3) is 5.77. The van der Waals surface area contributed by atoms with Crippen molar-refractivity contribution in [2.45, 2.75) is 32.2 Å². The van der Waals surface area contributed by atoms with Crippen LogP contribution in [0.15, 0.2) is 60.7 Å². The van der Waals surface area contributed by atoms with Crippen molar-refractivity contribution in [1.29, 1.82) is 0 Å². The van der Waals surface area contributed by atoms with Crippen LogP contribution in [0.3, 0.4) is 0 Å². The number of piperidine rings is 1. The fourth-order valence-electron chi connectivity index (χ4n) is 3.43. The number of rotatable bonds is 8. The van der Waals surface area contributed by atoms with Crippen LogP contribution in [0.25, 0.3) is 0 Å². The highest BCUT2D eigenvalue weighted by molar-refractivity contribution is 5.15. The Labute approximate surface area is 146 Å². The van der Waals surface area contributed by atoms with E-state index in [0.29, 0.717) is 0 Å². The second-order valence-electron chi connectivity index (χ2n) is 6.87. The summed E-state index contributed by atoms with van der Waals surface area (Å²) in [5, 5.41) is 0. The maximum absolute atomic E-state index is 5.93. The van der Waals surface area contributed by atoms with Crippen molar-refractivity contribution in [3.8, 4) is 0 Å². The molecule has 24 heavy (non-hydrogen) atoms. The first-order chi connectivity index (χ1) is 11.9. The third-order valence-corrected chi connectivity index (χ3v) is 4.91. The predicted molar refractivity (Wildman–Crippen MR) is 100 cm³/mol. The molecular formula is C22H29NO. The molecule has 1 aliphatic heterocycles. The largest absolute Gasteiger partial charge is 0.381 e. The summed E-state index contributed by atoms with van der Waals surface area (Å²) in [6.45, 7) is 5.32. The Morgan fingerprint density at radius 1 is 0.833 bits per heavy atom. The summed E-state index contributed by atoms with van der Waals surface area (Å²) in [4.78, 5) is 2.57. The number of nitrogens with zero attached hydrogens (tertiary/aromatic N) is 1. The lowest BCUT2D eigenvalue weighted by Crippen LogP contribution is -2.34. The molecule has 128 valence electrons. The molecule has 0 amide bonds. The molecule has 0 aromatic heterocycles. The minimum Gasteiger partial charge on any atom is -0.381 e. The lowest BCUT2D eigenvalue weighted by Gasteiger charge is -2.31. The van der Waals surface area contributed by atoms with E-state index in [1.807, 2.05) is 0 Å². The van der Waals surface area contributed by atoms with Gasteiger partial charge in [-0.1, -0.05) is 60.7 Å². The van der Waals surface area contributed by atoms with Crippen molar-refractivity contribution in [3.05, 3.63) is 71.8 Å². The van der Waals surface area contributed by atoms with E-state index in [4.69, 9.17) is 4.74 Å². The molecule has 3 rings (SSSR count). The highest BCUT2D eigenvalue weighted by atomic mass is 16.5. The number of likely N-dealkylation sites (tertiary alicyclic amines) is 1. The molecule has 1 fully saturated rings. The predicted octanol–water partition coefficient (Wildman–Crippen LogP) is 4.55. The topological polar surface area (TPSA) is 12.5 Å². The summed E-state index contributed by atoms with van der Waals surface area (Å²) in [7, 11) is 0. The zero-order chi connectivity index (χ0) is 16.5. The Kier molecular flexibility index (Phi) is 6.88. The van der Waals surface area contributed by atoms with Crippen molar-refractivity contribution in [1.82, 2.24) is 4.90 Å². The van der Waals surface area contributed by atoms with Crippen LogP contribution in [0.5, 0.6) is 0 Å². The van der Waals surface area contributed by atoms with Gasteiger partial charge in [-0.15, -0.1) is 0 Å². The van der Waals surface area contributed by atoms with E-state index in [1.165, 1.54) is 37.1 Å². The summed E-state index contributed by atoms with van der Waals surface area (Å²) in [6, 6.07) is 21.5. The highest BCUT2D eigenvalue weighted by Crippen LogP contribution is 2.19. The number of hydrogen-bond acceptors (Lipinski definition) is 2. The first kappa shape index (κ1) is 17.2. The number of ether oxygens (including phenoxy) is 1. The Hall–Kier alpha value is -1.64. The van der Waals surface area contributed by atoms with Crippen LogP contribution in [-0.2, 0) is 17.7 Å². The molecule has 0 unspecified atom stereocenters. The smallest absolute Gasteiger partial charge is 0.0495 e. The quantitative estimate of drug-likeness (QED) is 0.661. The summed E-state index contributed by atoms with van der Waals surface area (Å²) in [5.74, 6) is 0.744. The molecule has 0 spiro atoms. The van der Waals surface area contributed by atoms with Crippen molar-refractivity contribution in [3.63, 3.8) is 0 Å². The third-order valence-electron chi connectivity index (χ3n) is 4.91. The summed E-state index contributed by atoms with van der Waals surface area (Å²) < 4.78 is 5.93. The molecule has 2 nitrogen and oxygen atoms in total. The van der Waals surface area contributed by atoms with Crippen molar-refractivity contribution < 1.29 is 4.74 Å². The average Bonchev–Trinajstić information content (AvgIpc) is 2.65. The molecule has 2 aromatic rings. The van der Waals surface area contributed by atoms with Gasteiger partial charge in [0.05, 0.1) is 0 Å². The average molecular weight is 323 g/mol. The molecular weight excluding hydrogens is 294 g/mol. The van der Waals surface area contributed by atoms with E-state index >= 15 is 0 Å². The van der Waals surface area contributed by atoms with Gasteiger partial charge < -0.3 is 4.74 Å². The number of benzene rings is 2. The van der Waals surface area contributed by atoms with Crippen molar-refractivity contribution >= 4 is 0 Å². The Balaban J connectivity index is 1.26. The monoisotopic (exact) mass is 323 g/mol. The molecule has 0 atom stereocenters. The van der Waals surface area contributed by atoms with E-state index in [2.05, 4.69) is 65.6 Å². The van der Waals surface area contributed by atoms with Gasteiger partial charge in [0.25, 0.3) is 0 Å². The van der Waals surface area contributed by atoms with Gasteiger partial charge in [0.15, 0.2) is 0 Å². The van der Waals surface area contributed by atoms with Crippen LogP contribution in [0, 0.1) is 5.92 Å². The van der Waals surface area contributed by atoms with Gasteiger partial charge >= 0.3 is 0 Å². The molecule has 0 N–H and O–H groups in total. The second-order valence-corrected chi connectivity index (χ2v) is 6.87. The molecule has 2 heteroatoms. The van der Waals surface area contributed by atoms with Gasteiger partial charge in [-0.2, -0.15) is 0 Å². The van der Waals surface area contributed by atoms with E-state index in [0.717, 1.165) is 38.5 Å². The van der Waals surface area contributed by atoms with Gasteiger partial charge in [-0.3, -0.25) is 4.90 Å². The molecule has 2 aromatic carbocycles. The van der Waals surface area contributed by atoms with Gasteiger partial charge in [0.2, 0.25) is 0 Å². The van der Waals surface area contributed by atoms with Crippen LogP contribution < -0.4 is 0 Å². The Morgan fingerprint density at radius 2 is 1.46 bits per heavy atom. The van der Waals surface area contributed by atoms with E-state index in [9.17, 15) is 0 Å². The zero-order valence-corrected chi connectivity index (χ0v) is 14.6. The molecule has 0 aliphatic carbocycles. The molecule has 1 heterocycles. The van der Waals surface area contributed by atoms with Gasteiger partial charge in [-0.25, -0.2) is 0 Å². The standard InChI is InChI=1S/C22H29NO/c1-3-8-20(9-4-1)12-7-17-24-19-22-13-15-23(16-14-22)18-21-10-5-2-6-11-21/h1-6,8-11,22H,7,12-19H2. The van der Waals surface area contributed by atoms with Crippen LogP contribution in [0.4, 0.5) is 0 Å². The minimum atomic E-state index is 0.744. The molecule has 0 saturated carbocycles. The lowest BCUT2D eigenvalue weighted by atomic mass is 9.97. The van der Waals surface area contributed by atoms with Gasteiger partial charge in [-0.05, 0) is 55.8 Å². The van der Waals surface area contributed by atoms with E-state index in [-0.39, 0.29) is 0 Å². The second kappa shape index (κ2) is 9.61. The van der Waals surface area contributed by atoms with E-state index in [1.54, 1.807) is 0 Å². The summed E-state index contributed by atoms with van der Waals surface area (Å²) >= 11 is 0. The van der Waals surface area contributed by atoms with Crippen molar-refractivity contribution in [2.75, 3.05) is 26.3 Å². The highest BCUT2D eigenvalue weighted by Gasteiger charge is 2.19. The minimum absolute atomic E-state index is 0.744. The maximum Gasteiger partial charge on any atom is 0.0495 e. The molecule has 1 saturated heterocycles. The first-order valence-corrected chi connectivity index (χ1v) is 9.28. The van der Waals surface area contributed by atoms with Crippen LogP contribution in [0.2, 0.25) is 0 Å². The molecule has 0 radical (unpaired) electrons. The van der Waals surface area contributed by atoms with Crippen LogP contribution >= 0.6 is 0 Å². The molecule has 1 aliphatic rings.